The number of hydrogen-bond donors (Lipinski definition) is 2. The third-order valence-electron chi connectivity index (χ3n) is 1.18. The van der Waals surface area contributed by atoms with Gasteiger partial charge in [-0.1, -0.05) is 0 Å². The molecule has 1 aromatic carbocycles. The van der Waals surface area contributed by atoms with Crippen LogP contribution in [-0.2, 0) is 4.79 Å². The number of aryl methyl sites for hydroxylation is 1. The van der Waals surface area contributed by atoms with Crippen LogP contribution in [-0.4, -0.2) is 11.6 Å². The predicted molar refractivity (Wildman–Crippen MR) is 44.2 cm³/mol. The van der Waals surface area contributed by atoms with Crippen molar-refractivity contribution in [2.24, 2.45) is 0 Å². The number of anilines is 1. The molecule has 3 N–H and O–H groups in total. The van der Waals surface area contributed by atoms with Gasteiger partial charge in [0.2, 0.25) is 0 Å². The summed E-state index contributed by atoms with van der Waals surface area (Å²) in [4.78, 5) is 8.36. The van der Waals surface area contributed by atoms with E-state index in [0.29, 0.717) is 11.3 Å². The monoisotopic (exact) mass is 171 g/mol. The van der Waals surface area contributed by atoms with Gasteiger partial charge < -0.3 is 10.8 Å². The van der Waals surface area contributed by atoms with Gasteiger partial charge in [0.05, 0.1) is 0 Å². The van der Waals surface area contributed by atoms with E-state index in [1.807, 2.05) is 0 Å². The first-order valence-corrected chi connectivity index (χ1v) is 3.21. The first-order chi connectivity index (χ1) is 5.61. The molecule has 0 saturated carbocycles. The largest absolute Gasteiger partial charge is 0.483 e. The maximum Gasteiger partial charge on any atom is 0.290 e. The van der Waals surface area contributed by atoms with Crippen LogP contribution < -0.4 is 5.73 Å². The molecule has 0 unspecified atom stereocenters. The fourth-order valence-corrected chi connectivity index (χ4v) is 0.668. The molecule has 0 amide bonds. The van der Waals surface area contributed by atoms with Crippen LogP contribution in [0.5, 0.6) is 0 Å². The van der Waals surface area contributed by atoms with E-state index < -0.39 is 0 Å². The molecule has 0 bridgehead atoms. The highest BCUT2D eigenvalue weighted by Gasteiger charge is 1.93. The Balaban J connectivity index is 0.000000354. The molecule has 12 heavy (non-hydrogen) atoms. The van der Waals surface area contributed by atoms with Gasteiger partial charge in [-0.05, 0) is 30.7 Å². The SMILES string of the molecule is Cc1cc(N)ccc1F.O=CO. The number of halogens is 1. The van der Waals surface area contributed by atoms with Gasteiger partial charge in [-0.2, -0.15) is 0 Å². The molecule has 4 heteroatoms. The average molecular weight is 171 g/mol. The topological polar surface area (TPSA) is 63.3 Å². The number of nitrogen functional groups attached to an aromatic ring is 1. The Morgan fingerprint density at radius 1 is 1.58 bits per heavy atom. The first kappa shape index (κ1) is 10.4. The molecule has 0 aromatic heterocycles. The minimum absolute atomic E-state index is 0.204. The van der Waals surface area contributed by atoms with Crippen LogP contribution in [0.2, 0.25) is 0 Å². The Labute approximate surface area is 69.6 Å². The van der Waals surface area contributed by atoms with Crippen LogP contribution in [0.15, 0.2) is 18.2 Å². The van der Waals surface area contributed by atoms with Crippen molar-refractivity contribution in [3.05, 3.63) is 29.6 Å². The summed E-state index contributed by atoms with van der Waals surface area (Å²) in [6, 6.07) is 4.52. The minimum Gasteiger partial charge on any atom is -0.483 e. The van der Waals surface area contributed by atoms with Crippen LogP contribution in [0.1, 0.15) is 5.56 Å². The van der Waals surface area contributed by atoms with Gasteiger partial charge in [0.1, 0.15) is 5.82 Å². The van der Waals surface area contributed by atoms with Gasteiger partial charge >= 0.3 is 0 Å². The van der Waals surface area contributed by atoms with E-state index in [1.54, 1.807) is 19.1 Å². The summed E-state index contributed by atoms with van der Waals surface area (Å²) in [5.41, 5.74) is 6.56. The highest BCUT2D eigenvalue weighted by Crippen LogP contribution is 2.09. The van der Waals surface area contributed by atoms with Crippen LogP contribution in [0.4, 0.5) is 10.1 Å². The second kappa shape index (κ2) is 5.12. The molecule has 1 aromatic rings. The van der Waals surface area contributed by atoms with Crippen LogP contribution in [0, 0.1) is 12.7 Å². The lowest BCUT2D eigenvalue weighted by Crippen LogP contribution is -1.87. The number of carbonyl (C=O) groups is 1. The Morgan fingerprint density at radius 2 is 2.08 bits per heavy atom. The molecule has 0 fully saturated rings. The predicted octanol–water partition coefficient (Wildman–Crippen LogP) is 1.42. The van der Waals surface area contributed by atoms with Gasteiger partial charge in [-0.25, -0.2) is 4.39 Å². The van der Waals surface area contributed by atoms with E-state index in [1.165, 1.54) is 6.07 Å². The zero-order chi connectivity index (χ0) is 9.56. The van der Waals surface area contributed by atoms with Crippen molar-refractivity contribution < 1.29 is 14.3 Å². The van der Waals surface area contributed by atoms with Crippen molar-refractivity contribution in [1.82, 2.24) is 0 Å². The number of nitrogens with two attached hydrogens (primary N) is 1. The molecule has 0 heterocycles. The van der Waals surface area contributed by atoms with Gasteiger partial charge in [0.25, 0.3) is 6.47 Å². The van der Waals surface area contributed by atoms with E-state index in [4.69, 9.17) is 15.6 Å². The van der Waals surface area contributed by atoms with Crippen molar-refractivity contribution in [2.45, 2.75) is 6.92 Å². The van der Waals surface area contributed by atoms with Crippen LogP contribution in [0.3, 0.4) is 0 Å². The Bertz CT molecular complexity index is 263. The molecule has 0 atom stereocenters. The fraction of sp³-hybridized carbons (Fsp3) is 0.125. The third kappa shape index (κ3) is 3.55. The molecule has 1 rings (SSSR count). The summed E-state index contributed by atoms with van der Waals surface area (Å²) < 4.78 is 12.4. The zero-order valence-corrected chi connectivity index (χ0v) is 6.62. The maximum absolute atomic E-state index is 12.4. The Kier molecular flexibility index (Phi) is 4.45. The smallest absolute Gasteiger partial charge is 0.290 e. The highest BCUT2D eigenvalue weighted by molar-refractivity contribution is 5.40. The van der Waals surface area contributed by atoms with Crippen molar-refractivity contribution in [2.75, 3.05) is 5.73 Å². The molecule has 0 aliphatic rings. The van der Waals surface area contributed by atoms with E-state index in [0.717, 1.165) is 0 Å². The van der Waals surface area contributed by atoms with E-state index >= 15 is 0 Å². The molecular formula is C8H10FNO2. The molecule has 0 saturated heterocycles. The second-order valence-corrected chi connectivity index (χ2v) is 2.11. The van der Waals surface area contributed by atoms with Crippen molar-refractivity contribution in [3.8, 4) is 0 Å². The lowest BCUT2D eigenvalue weighted by molar-refractivity contribution is -0.122. The third-order valence-corrected chi connectivity index (χ3v) is 1.18. The van der Waals surface area contributed by atoms with Crippen LogP contribution >= 0.6 is 0 Å². The van der Waals surface area contributed by atoms with Crippen molar-refractivity contribution in [1.29, 1.82) is 0 Å². The molecule has 3 nitrogen and oxygen atoms in total. The lowest BCUT2D eigenvalue weighted by atomic mass is 10.2. The molecule has 66 valence electrons. The van der Waals surface area contributed by atoms with Crippen LogP contribution in [0.25, 0.3) is 0 Å². The zero-order valence-electron chi connectivity index (χ0n) is 6.62. The summed E-state index contributed by atoms with van der Waals surface area (Å²) in [5, 5.41) is 6.89. The van der Waals surface area contributed by atoms with Gasteiger partial charge in [-0.15, -0.1) is 0 Å². The molecule has 0 aliphatic heterocycles. The second-order valence-electron chi connectivity index (χ2n) is 2.11. The molecular weight excluding hydrogens is 161 g/mol. The summed E-state index contributed by atoms with van der Waals surface area (Å²) >= 11 is 0. The van der Waals surface area contributed by atoms with Gasteiger partial charge in [0, 0.05) is 5.69 Å². The number of carboxylic acid groups (broad SMARTS) is 1. The van der Waals surface area contributed by atoms with E-state index in [2.05, 4.69) is 0 Å². The molecule has 0 spiro atoms. The average Bonchev–Trinajstić information content (AvgIpc) is 1.99. The minimum atomic E-state index is -0.250. The van der Waals surface area contributed by atoms with Gasteiger partial charge in [-0.3, -0.25) is 4.79 Å². The molecule has 0 radical (unpaired) electrons. The number of rotatable bonds is 0. The summed E-state index contributed by atoms with van der Waals surface area (Å²) in [5.74, 6) is -0.204. The Morgan fingerprint density at radius 3 is 2.42 bits per heavy atom. The van der Waals surface area contributed by atoms with E-state index in [9.17, 15) is 4.39 Å². The summed E-state index contributed by atoms with van der Waals surface area (Å²) in [6.45, 7) is 1.44. The summed E-state index contributed by atoms with van der Waals surface area (Å²) in [7, 11) is 0. The standard InChI is InChI=1S/C7H8FN.CH2O2/c1-5-4-6(9)2-3-7(5)8;2-1-3/h2-4H,9H2,1H3;1H,(H,2,3). The normalized spacial score (nSPS) is 8.17. The van der Waals surface area contributed by atoms with Crippen molar-refractivity contribution in [3.63, 3.8) is 0 Å². The quantitative estimate of drug-likeness (QED) is 0.458. The first-order valence-electron chi connectivity index (χ1n) is 3.21. The van der Waals surface area contributed by atoms with E-state index in [-0.39, 0.29) is 12.3 Å². The molecule has 0 aliphatic carbocycles. The van der Waals surface area contributed by atoms with Gasteiger partial charge in [0.15, 0.2) is 0 Å². The number of hydrogen-bond acceptors (Lipinski definition) is 2. The Hall–Kier alpha value is -1.58. The van der Waals surface area contributed by atoms with Crippen molar-refractivity contribution >= 4 is 12.2 Å². The fourth-order valence-electron chi connectivity index (χ4n) is 0.668. The lowest BCUT2D eigenvalue weighted by Gasteiger charge is -1.95. The highest BCUT2D eigenvalue weighted by atomic mass is 19.1. The maximum atomic E-state index is 12.4. The number of benzene rings is 1. The summed E-state index contributed by atoms with van der Waals surface area (Å²) in [6.07, 6.45) is 0.